The summed E-state index contributed by atoms with van der Waals surface area (Å²) in [5.41, 5.74) is -7.90. The Morgan fingerprint density at radius 2 is 1.47 bits per heavy atom. The molecule has 0 fully saturated rings. The number of phenols is 1. The van der Waals surface area contributed by atoms with Crippen LogP contribution in [0.25, 0.3) is 0 Å². The van der Waals surface area contributed by atoms with E-state index in [4.69, 9.17) is 0 Å². The average Bonchev–Trinajstić information content (AvgIpc) is 2.26. The Labute approximate surface area is 104 Å². The highest BCUT2D eigenvalue weighted by Crippen LogP contribution is 2.39. The van der Waals surface area contributed by atoms with Crippen molar-refractivity contribution in [3.63, 3.8) is 0 Å². The third-order valence-electron chi connectivity index (χ3n) is 1.86. The van der Waals surface area contributed by atoms with Crippen LogP contribution in [0.3, 0.4) is 0 Å². The quantitative estimate of drug-likeness (QED) is 0.670. The van der Waals surface area contributed by atoms with Crippen molar-refractivity contribution in [1.82, 2.24) is 0 Å². The summed E-state index contributed by atoms with van der Waals surface area (Å²) in [6.07, 6.45) is 0. The van der Waals surface area contributed by atoms with E-state index in [-0.39, 0.29) is 12.1 Å². The molecule has 1 aromatic carbocycles. The molecule has 0 bridgehead atoms. The molecule has 19 heavy (non-hydrogen) atoms. The largest absolute Gasteiger partial charge is 0.497 e. The summed E-state index contributed by atoms with van der Waals surface area (Å²) in [4.78, 5) is 17.1. The molecule has 0 saturated carbocycles. The second-order valence-electron chi connectivity index (χ2n) is 3.04. The molecule has 0 saturated heterocycles. The van der Waals surface area contributed by atoms with E-state index in [1.807, 2.05) is 0 Å². The number of nitro benzene ring substituents is 2. The molecule has 1 aromatic rings. The first-order valence-electron chi connectivity index (χ1n) is 4.20. The number of nitro groups is 2. The highest BCUT2D eigenvalue weighted by Gasteiger charge is 2.40. The maximum atomic E-state index is 12.2. The van der Waals surface area contributed by atoms with Gasteiger partial charge in [0.25, 0.3) is 5.75 Å². The topological polar surface area (TPSA) is 124 Å². The van der Waals surface area contributed by atoms with E-state index >= 15 is 0 Å². The zero-order valence-electron chi connectivity index (χ0n) is 8.58. The van der Waals surface area contributed by atoms with E-state index in [1.165, 1.54) is 0 Å². The van der Waals surface area contributed by atoms with Crippen LogP contribution in [0.15, 0.2) is 17.0 Å². The van der Waals surface area contributed by atoms with Gasteiger partial charge in [0.1, 0.15) is 0 Å². The minimum Gasteiger partial charge on any atom is -0.497 e. The van der Waals surface area contributed by atoms with Crippen molar-refractivity contribution in [2.24, 2.45) is 0 Å². The number of rotatable bonds is 3. The summed E-state index contributed by atoms with van der Waals surface area (Å²) in [7, 11) is -3.68. The molecule has 0 heterocycles. The third kappa shape index (κ3) is 2.96. The van der Waals surface area contributed by atoms with Crippen molar-refractivity contribution in [3.8, 4) is 5.75 Å². The smallest absolute Gasteiger partial charge is 0.475 e. The van der Waals surface area contributed by atoms with Gasteiger partial charge < -0.3 is 5.11 Å². The molecule has 12 heteroatoms. The van der Waals surface area contributed by atoms with Crippen LogP contribution in [0.2, 0.25) is 0 Å². The molecule has 104 valence electrons. The van der Waals surface area contributed by atoms with Crippen molar-refractivity contribution in [1.29, 1.82) is 0 Å². The monoisotopic (exact) mass is 300 g/mol. The van der Waals surface area contributed by atoms with E-state index in [0.29, 0.717) is 0 Å². The lowest BCUT2D eigenvalue weighted by Gasteiger charge is -2.06. The first-order valence-corrected chi connectivity index (χ1v) is 5.35. The standard InChI is InChI=1S/C7H3F3N2O6S/c8-7(9,10)19(18)3-1-4(11(14)15)6(13)5(2-3)12(16)17/h1-2,13H. The first kappa shape index (κ1) is 14.8. The fraction of sp³-hybridized carbons (Fsp3) is 0.143. The summed E-state index contributed by atoms with van der Waals surface area (Å²) in [6, 6.07) is 0.345. The van der Waals surface area contributed by atoms with E-state index < -0.39 is 48.2 Å². The number of phenolic OH excluding ortho intramolecular Hbond substituents is 1. The normalized spacial score (nSPS) is 13.0. The molecule has 0 aliphatic heterocycles. The van der Waals surface area contributed by atoms with E-state index in [1.54, 1.807) is 0 Å². The second kappa shape index (κ2) is 4.79. The van der Waals surface area contributed by atoms with Gasteiger partial charge in [-0.2, -0.15) is 13.2 Å². The summed E-state index contributed by atoms with van der Waals surface area (Å²) in [5, 5.41) is 30.1. The van der Waals surface area contributed by atoms with Crippen LogP contribution in [-0.2, 0) is 10.8 Å². The summed E-state index contributed by atoms with van der Waals surface area (Å²) in [5.74, 6) is -1.40. The molecule has 0 amide bonds. The van der Waals surface area contributed by atoms with Crippen molar-refractivity contribution in [2.75, 3.05) is 0 Å². The van der Waals surface area contributed by atoms with Crippen LogP contribution in [0.5, 0.6) is 5.75 Å². The number of hydrogen-bond acceptors (Lipinski definition) is 6. The lowest BCUT2D eigenvalue weighted by atomic mass is 10.2. The fourth-order valence-electron chi connectivity index (χ4n) is 1.10. The van der Waals surface area contributed by atoms with Crippen LogP contribution in [0.1, 0.15) is 0 Å². The minimum atomic E-state index is -5.24. The lowest BCUT2D eigenvalue weighted by molar-refractivity contribution is -0.396. The van der Waals surface area contributed by atoms with Crippen LogP contribution in [-0.4, -0.2) is 24.7 Å². The Balaban J connectivity index is 3.57. The van der Waals surface area contributed by atoms with Crippen molar-refractivity contribution >= 4 is 22.2 Å². The summed E-state index contributed by atoms with van der Waals surface area (Å²) < 4.78 is 47.6. The Kier molecular flexibility index (Phi) is 3.74. The Bertz CT molecular complexity index is 552. The van der Waals surface area contributed by atoms with Gasteiger partial charge in [0, 0.05) is 12.1 Å². The number of hydrogen-bond donors (Lipinski definition) is 1. The Hall–Kier alpha value is -2.24. The molecule has 0 spiro atoms. The van der Waals surface area contributed by atoms with Gasteiger partial charge in [0.2, 0.25) is 0 Å². The van der Waals surface area contributed by atoms with Gasteiger partial charge in [-0.1, -0.05) is 0 Å². The zero-order chi connectivity index (χ0) is 15.0. The summed E-state index contributed by atoms with van der Waals surface area (Å²) >= 11 is 0. The highest BCUT2D eigenvalue weighted by atomic mass is 32.2. The van der Waals surface area contributed by atoms with Crippen LogP contribution >= 0.6 is 0 Å². The van der Waals surface area contributed by atoms with Gasteiger partial charge in [0.05, 0.1) is 14.7 Å². The number of aromatic hydroxyl groups is 1. The number of benzene rings is 1. The molecule has 1 atom stereocenters. The molecule has 8 nitrogen and oxygen atoms in total. The van der Waals surface area contributed by atoms with Crippen LogP contribution in [0.4, 0.5) is 24.5 Å². The van der Waals surface area contributed by atoms with Gasteiger partial charge in [-0.15, -0.1) is 0 Å². The van der Waals surface area contributed by atoms with Gasteiger partial charge in [-0.05, 0) is 0 Å². The molecule has 0 aliphatic rings. The average molecular weight is 300 g/mol. The molecule has 1 unspecified atom stereocenters. The number of nitrogens with zero attached hydrogens (tertiary/aromatic N) is 2. The zero-order valence-corrected chi connectivity index (χ0v) is 9.40. The first-order chi connectivity index (χ1) is 8.55. The second-order valence-corrected chi connectivity index (χ2v) is 4.51. The SMILES string of the molecule is O=[N+]([O-])c1cc(S(=O)C(F)(F)F)cc([N+](=O)[O-])c1O. The van der Waals surface area contributed by atoms with Gasteiger partial charge in [-0.3, -0.25) is 20.2 Å². The van der Waals surface area contributed by atoms with Gasteiger partial charge in [0.15, 0.2) is 10.8 Å². The Morgan fingerprint density at radius 3 is 1.74 bits per heavy atom. The van der Waals surface area contributed by atoms with E-state index in [0.717, 1.165) is 0 Å². The summed E-state index contributed by atoms with van der Waals surface area (Å²) in [6.45, 7) is 0. The predicted molar refractivity (Wildman–Crippen MR) is 53.9 cm³/mol. The molecule has 0 aromatic heterocycles. The maximum absolute atomic E-state index is 12.2. The van der Waals surface area contributed by atoms with E-state index in [9.17, 15) is 42.7 Å². The Morgan fingerprint density at radius 1 is 1.11 bits per heavy atom. The molecule has 1 N–H and O–H groups in total. The van der Waals surface area contributed by atoms with E-state index in [2.05, 4.69) is 0 Å². The molecule has 1 rings (SSSR count). The number of halogens is 3. The maximum Gasteiger partial charge on any atom is 0.475 e. The lowest BCUT2D eigenvalue weighted by Crippen LogP contribution is -2.16. The molecular weight excluding hydrogens is 297 g/mol. The van der Waals surface area contributed by atoms with Gasteiger partial charge in [-0.25, -0.2) is 4.21 Å². The van der Waals surface area contributed by atoms with Gasteiger partial charge >= 0.3 is 16.9 Å². The predicted octanol–water partition coefficient (Wildman–Crippen LogP) is 1.84. The third-order valence-corrected chi connectivity index (χ3v) is 2.95. The molecule has 0 aliphatic carbocycles. The fourth-order valence-corrected chi connectivity index (χ4v) is 1.80. The molecule has 0 radical (unpaired) electrons. The number of alkyl halides is 3. The van der Waals surface area contributed by atoms with Crippen LogP contribution < -0.4 is 0 Å². The highest BCUT2D eigenvalue weighted by molar-refractivity contribution is 7.86. The molecular formula is C7H3F3N2O6S. The van der Waals surface area contributed by atoms with Crippen molar-refractivity contribution < 1.29 is 32.3 Å². The minimum absolute atomic E-state index is 0.173. The van der Waals surface area contributed by atoms with Crippen LogP contribution in [0, 0.1) is 20.2 Å². The van der Waals surface area contributed by atoms with Crippen molar-refractivity contribution in [2.45, 2.75) is 10.4 Å². The van der Waals surface area contributed by atoms with Crippen molar-refractivity contribution in [3.05, 3.63) is 32.4 Å².